The standard InChI is InChI=1S/C8H10FNOS/c1-10-8-5-6(12(2)11)3-4-7(8)9/h3-5,10H,1-2H3. The maximum absolute atomic E-state index is 12.9. The molecule has 66 valence electrons. The first-order valence-electron chi connectivity index (χ1n) is 3.46. The Labute approximate surface area is 73.3 Å². The molecule has 12 heavy (non-hydrogen) atoms. The Morgan fingerprint density at radius 3 is 2.67 bits per heavy atom. The molecule has 2 nitrogen and oxygen atoms in total. The molecule has 0 amide bonds. The Morgan fingerprint density at radius 2 is 2.17 bits per heavy atom. The molecule has 1 N–H and O–H groups in total. The van der Waals surface area contributed by atoms with Crippen molar-refractivity contribution in [3.8, 4) is 0 Å². The molecule has 0 bridgehead atoms. The van der Waals surface area contributed by atoms with Gasteiger partial charge in [0.1, 0.15) is 5.82 Å². The normalized spacial score (nSPS) is 12.6. The van der Waals surface area contributed by atoms with Crippen molar-refractivity contribution in [2.45, 2.75) is 4.90 Å². The molecule has 0 aliphatic rings. The molecule has 0 saturated heterocycles. The Morgan fingerprint density at radius 1 is 1.50 bits per heavy atom. The van der Waals surface area contributed by atoms with Crippen LogP contribution in [0.5, 0.6) is 0 Å². The van der Waals surface area contributed by atoms with Gasteiger partial charge in [0.15, 0.2) is 0 Å². The summed E-state index contributed by atoms with van der Waals surface area (Å²) in [5.41, 5.74) is 0.378. The molecule has 1 atom stereocenters. The Bertz CT molecular complexity index is 314. The number of hydrogen-bond acceptors (Lipinski definition) is 2. The molecule has 0 spiro atoms. The fraction of sp³-hybridized carbons (Fsp3) is 0.250. The van der Waals surface area contributed by atoms with Crippen LogP contribution >= 0.6 is 0 Å². The molecule has 1 rings (SSSR count). The lowest BCUT2D eigenvalue weighted by atomic mass is 10.3. The third-order valence-corrected chi connectivity index (χ3v) is 2.46. The lowest BCUT2D eigenvalue weighted by molar-refractivity contribution is 0.630. The average molecular weight is 187 g/mol. The van der Waals surface area contributed by atoms with Crippen molar-refractivity contribution >= 4 is 16.5 Å². The molecular weight excluding hydrogens is 177 g/mol. The Hall–Kier alpha value is -0.900. The van der Waals surface area contributed by atoms with Gasteiger partial charge in [0.2, 0.25) is 0 Å². The summed E-state index contributed by atoms with van der Waals surface area (Å²) in [5.74, 6) is -0.327. The van der Waals surface area contributed by atoms with Gasteiger partial charge in [0.25, 0.3) is 0 Å². The first-order valence-corrected chi connectivity index (χ1v) is 5.01. The Balaban J connectivity index is 3.13. The summed E-state index contributed by atoms with van der Waals surface area (Å²) in [4.78, 5) is 0.626. The third kappa shape index (κ3) is 1.82. The van der Waals surface area contributed by atoms with Crippen LogP contribution in [-0.4, -0.2) is 17.5 Å². The van der Waals surface area contributed by atoms with E-state index in [4.69, 9.17) is 0 Å². The zero-order chi connectivity index (χ0) is 9.14. The molecule has 0 saturated carbocycles. The molecule has 4 heteroatoms. The highest BCUT2D eigenvalue weighted by atomic mass is 32.2. The van der Waals surface area contributed by atoms with E-state index in [9.17, 15) is 8.60 Å². The van der Waals surface area contributed by atoms with Gasteiger partial charge in [-0.2, -0.15) is 0 Å². The second kappa shape index (κ2) is 3.67. The predicted octanol–water partition coefficient (Wildman–Crippen LogP) is 1.60. The second-order valence-electron chi connectivity index (χ2n) is 2.35. The first kappa shape index (κ1) is 9.19. The van der Waals surface area contributed by atoms with E-state index < -0.39 is 10.8 Å². The lowest BCUT2D eigenvalue weighted by Crippen LogP contribution is -1.95. The average Bonchev–Trinajstić information content (AvgIpc) is 2.05. The van der Waals surface area contributed by atoms with E-state index in [1.807, 2.05) is 0 Å². The van der Waals surface area contributed by atoms with E-state index in [0.29, 0.717) is 10.6 Å². The maximum atomic E-state index is 12.9. The highest BCUT2D eigenvalue weighted by molar-refractivity contribution is 7.84. The van der Waals surface area contributed by atoms with Crippen LogP contribution in [-0.2, 0) is 10.8 Å². The van der Waals surface area contributed by atoms with Gasteiger partial charge in [-0.15, -0.1) is 0 Å². The minimum absolute atomic E-state index is 0.327. The fourth-order valence-corrected chi connectivity index (χ4v) is 1.42. The van der Waals surface area contributed by atoms with Gasteiger partial charge in [0, 0.05) is 29.0 Å². The van der Waals surface area contributed by atoms with E-state index >= 15 is 0 Å². The number of hydrogen-bond donors (Lipinski definition) is 1. The van der Waals surface area contributed by atoms with Gasteiger partial charge >= 0.3 is 0 Å². The van der Waals surface area contributed by atoms with Crippen LogP contribution in [0.4, 0.5) is 10.1 Å². The van der Waals surface area contributed by atoms with Crippen LogP contribution in [0.1, 0.15) is 0 Å². The fourth-order valence-electron chi connectivity index (χ4n) is 0.875. The number of nitrogens with one attached hydrogen (secondary N) is 1. The van der Waals surface area contributed by atoms with Crippen molar-refractivity contribution in [1.29, 1.82) is 0 Å². The highest BCUT2D eigenvalue weighted by Gasteiger charge is 2.03. The number of benzene rings is 1. The minimum atomic E-state index is -1.06. The summed E-state index contributed by atoms with van der Waals surface area (Å²) in [6.45, 7) is 0. The number of halogens is 1. The van der Waals surface area contributed by atoms with Crippen LogP contribution in [0.3, 0.4) is 0 Å². The molecule has 0 fully saturated rings. The largest absolute Gasteiger partial charge is 0.386 e. The molecule has 0 radical (unpaired) electrons. The lowest BCUT2D eigenvalue weighted by Gasteiger charge is -2.03. The first-order chi connectivity index (χ1) is 5.65. The number of rotatable bonds is 2. The zero-order valence-corrected chi connectivity index (χ0v) is 7.74. The third-order valence-electron chi connectivity index (χ3n) is 1.54. The van der Waals surface area contributed by atoms with E-state index in [1.165, 1.54) is 12.1 Å². The summed E-state index contributed by atoms with van der Waals surface area (Å²) in [6, 6.07) is 4.38. The van der Waals surface area contributed by atoms with Crippen LogP contribution in [0.15, 0.2) is 23.1 Å². The molecule has 1 aromatic rings. The van der Waals surface area contributed by atoms with Crippen molar-refractivity contribution < 1.29 is 8.60 Å². The van der Waals surface area contributed by atoms with Crippen molar-refractivity contribution in [3.05, 3.63) is 24.0 Å². The highest BCUT2D eigenvalue weighted by Crippen LogP contribution is 2.16. The topological polar surface area (TPSA) is 29.1 Å². The molecule has 0 aromatic heterocycles. The van der Waals surface area contributed by atoms with E-state index in [1.54, 1.807) is 19.4 Å². The van der Waals surface area contributed by atoms with Crippen molar-refractivity contribution in [3.63, 3.8) is 0 Å². The van der Waals surface area contributed by atoms with E-state index in [-0.39, 0.29) is 5.82 Å². The van der Waals surface area contributed by atoms with Gasteiger partial charge in [-0.3, -0.25) is 4.21 Å². The molecular formula is C8H10FNOS. The summed E-state index contributed by atoms with van der Waals surface area (Å²) in [6.07, 6.45) is 1.56. The monoisotopic (exact) mass is 187 g/mol. The Kier molecular flexibility index (Phi) is 2.81. The van der Waals surface area contributed by atoms with Crippen molar-refractivity contribution in [1.82, 2.24) is 0 Å². The van der Waals surface area contributed by atoms with Gasteiger partial charge in [-0.25, -0.2) is 4.39 Å². The molecule has 1 aromatic carbocycles. The molecule has 0 heterocycles. The number of anilines is 1. The molecule has 0 aliphatic heterocycles. The molecule has 0 aliphatic carbocycles. The summed E-state index contributed by atoms with van der Waals surface area (Å²) in [7, 11) is 0.570. The van der Waals surface area contributed by atoms with Crippen molar-refractivity contribution in [2.24, 2.45) is 0 Å². The van der Waals surface area contributed by atoms with Crippen LogP contribution in [0, 0.1) is 5.82 Å². The minimum Gasteiger partial charge on any atom is -0.386 e. The SMILES string of the molecule is CNc1cc(S(C)=O)ccc1F. The van der Waals surface area contributed by atoms with Crippen LogP contribution in [0.25, 0.3) is 0 Å². The van der Waals surface area contributed by atoms with Gasteiger partial charge in [-0.05, 0) is 18.2 Å². The maximum Gasteiger partial charge on any atom is 0.146 e. The van der Waals surface area contributed by atoms with Gasteiger partial charge in [-0.1, -0.05) is 0 Å². The smallest absolute Gasteiger partial charge is 0.146 e. The van der Waals surface area contributed by atoms with Gasteiger partial charge in [0.05, 0.1) is 5.69 Å². The van der Waals surface area contributed by atoms with Gasteiger partial charge < -0.3 is 5.32 Å². The van der Waals surface area contributed by atoms with Crippen molar-refractivity contribution in [2.75, 3.05) is 18.6 Å². The molecule has 1 unspecified atom stereocenters. The van der Waals surface area contributed by atoms with Crippen LogP contribution in [0.2, 0.25) is 0 Å². The predicted molar refractivity (Wildman–Crippen MR) is 48.3 cm³/mol. The summed E-state index contributed by atoms with van der Waals surface area (Å²) < 4.78 is 23.9. The quantitative estimate of drug-likeness (QED) is 0.762. The summed E-state index contributed by atoms with van der Waals surface area (Å²) in [5, 5.41) is 2.68. The van der Waals surface area contributed by atoms with E-state index in [0.717, 1.165) is 0 Å². The summed E-state index contributed by atoms with van der Waals surface area (Å²) >= 11 is 0. The van der Waals surface area contributed by atoms with E-state index in [2.05, 4.69) is 5.32 Å². The second-order valence-corrected chi connectivity index (χ2v) is 3.73. The van der Waals surface area contributed by atoms with Crippen LogP contribution < -0.4 is 5.32 Å². The zero-order valence-electron chi connectivity index (χ0n) is 6.93.